The first kappa shape index (κ1) is 15.9. The fraction of sp³-hybridized carbons (Fsp3) is 0.533. The number of carbonyl (C=O) groups excluding carboxylic acids is 1. The van der Waals surface area contributed by atoms with Crippen LogP contribution in [0.2, 0.25) is 0 Å². The van der Waals surface area contributed by atoms with E-state index in [1.807, 2.05) is 4.90 Å². The summed E-state index contributed by atoms with van der Waals surface area (Å²) in [6, 6.07) is 3.89. The van der Waals surface area contributed by atoms with E-state index in [1.54, 1.807) is 6.92 Å². The number of methoxy groups -OCH3 is 1. The van der Waals surface area contributed by atoms with Crippen molar-refractivity contribution >= 4 is 5.97 Å². The summed E-state index contributed by atoms with van der Waals surface area (Å²) < 4.78 is 32.7. The molecule has 0 radical (unpaired) electrons. The van der Waals surface area contributed by atoms with Gasteiger partial charge in [0.25, 0.3) is 0 Å². The van der Waals surface area contributed by atoms with E-state index in [0.717, 1.165) is 19.0 Å². The SMILES string of the molecule is COC(=O)C(C)(c1cccc(F)c1F)N1CCCNCC1. The van der Waals surface area contributed by atoms with Crippen molar-refractivity contribution in [2.24, 2.45) is 0 Å². The fourth-order valence-electron chi connectivity index (χ4n) is 2.78. The predicted octanol–water partition coefficient (Wildman–Crippen LogP) is 1.65. The van der Waals surface area contributed by atoms with Gasteiger partial charge in [0.1, 0.15) is 5.54 Å². The minimum absolute atomic E-state index is 0.0104. The van der Waals surface area contributed by atoms with Crippen molar-refractivity contribution in [3.8, 4) is 0 Å². The van der Waals surface area contributed by atoms with Gasteiger partial charge < -0.3 is 10.1 Å². The standard InChI is InChI=1S/C15H20F2N2O2/c1-15(14(20)21-2,19-9-4-7-18-8-10-19)11-5-3-6-12(16)13(11)17/h3,5-6,18H,4,7-10H2,1-2H3. The number of nitrogens with one attached hydrogen (secondary N) is 1. The van der Waals surface area contributed by atoms with Gasteiger partial charge in [0.15, 0.2) is 11.6 Å². The van der Waals surface area contributed by atoms with E-state index < -0.39 is 23.1 Å². The van der Waals surface area contributed by atoms with Crippen molar-refractivity contribution in [1.29, 1.82) is 0 Å². The Morgan fingerprint density at radius 1 is 1.33 bits per heavy atom. The molecule has 1 heterocycles. The highest BCUT2D eigenvalue weighted by Crippen LogP contribution is 2.33. The largest absolute Gasteiger partial charge is 0.467 e. The molecule has 6 heteroatoms. The molecule has 1 aromatic carbocycles. The summed E-state index contributed by atoms with van der Waals surface area (Å²) in [6.07, 6.45) is 0.823. The zero-order valence-corrected chi connectivity index (χ0v) is 12.3. The zero-order valence-electron chi connectivity index (χ0n) is 12.3. The first-order valence-corrected chi connectivity index (χ1v) is 7.00. The van der Waals surface area contributed by atoms with E-state index in [-0.39, 0.29) is 5.56 Å². The molecule has 1 N–H and O–H groups in total. The highest BCUT2D eigenvalue weighted by Gasteiger charge is 2.44. The smallest absolute Gasteiger partial charge is 0.330 e. The highest BCUT2D eigenvalue weighted by atomic mass is 19.2. The molecule has 1 aliphatic heterocycles. The molecule has 0 aromatic heterocycles. The summed E-state index contributed by atoms with van der Waals surface area (Å²) >= 11 is 0. The highest BCUT2D eigenvalue weighted by molar-refractivity contribution is 5.82. The van der Waals surface area contributed by atoms with Gasteiger partial charge in [0.05, 0.1) is 7.11 Å². The van der Waals surface area contributed by atoms with Crippen LogP contribution >= 0.6 is 0 Å². The Morgan fingerprint density at radius 3 is 2.81 bits per heavy atom. The molecular weight excluding hydrogens is 278 g/mol. The molecule has 2 rings (SSSR count). The van der Waals surface area contributed by atoms with E-state index in [0.29, 0.717) is 19.6 Å². The molecule has 4 nitrogen and oxygen atoms in total. The quantitative estimate of drug-likeness (QED) is 0.862. The lowest BCUT2D eigenvalue weighted by molar-refractivity contribution is -0.155. The molecule has 0 amide bonds. The van der Waals surface area contributed by atoms with Gasteiger partial charge in [-0.05, 0) is 26.0 Å². The summed E-state index contributed by atoms with van der Waals surface area (Å²) in [6.45, 7) is 4.26. The Kier molecular flexibility index (Phi) is 4.90. The van der Waals surface area contributed by atoms with Crippen molar-refractivity contribution in [3.05, 3.63) is 35.4 Å². The minimum Gasteiger partial charge on any atom is -0.467 e. The average molecular weight is 298 g/mol. The molecule has 0 bridgehead atoms. The van der Waals surface area contributed by atoms with Crippen LogP contribution in [0.1, 0.15) is 18.9 Å². The Labute approximate surface area is 123 Å². The summed E-state index contributed by atoms with van der Waals surface area (Å²) in [5, 5.41) is 3.22. The number of halogens is 2. The molecule has 0 saturated carbocycles. The molecule has 0 spiro atoms. The maximum atomic E-state index is 14.2. The van der Waals surface area contributed by atoms with Crippen molar-refractivity contribution < 1.29 is 18.3 Å². The molecule has 21 heavy (non-hydrogen) atoms. The lowest BCUT2D eigenvalue weighted by atomic mass is 9.89. The topological polar surface area (TPSA) is 41.6 Å². The van der Waals surface area contributed by atoms with E-state index in [2.05, 4.69) is 5.32 Å². The van der Waals surface area contributed by atoms with Gasteiger partial charge >= 0.3 is 5.97 Å². The Balaban J connectivity index is 2.50. The van der Waals surface area contributed by atoms with Crippen LogP contribution in [0.5, 0.6) is 0 Å². The third kappa shape index (κ3) is 2.91. The molecule has 0 aliphatic carbocycles. The van der Waals surface area contributed by atoms with Crippen molar-refractivity contribution in [2.75, 3.05) is 33.3 Å². The maximum Gasteiger partial charge on any atom is 0.330 e. The number of nitrogens with zero attached hydrogens (tertiary/aromatic N) is 1. The summed E-state index contributed by atoms with van der Waals surface area (Å²) in [4.78, 5) is 14.2. The van der Waals surface area contributed by atoms with Crippen LogP contribution in [-0.4, -0.2) is 44.2 Å². The molecule has 1 saturated heterocycles. The number of carbonyl (C=O) groups is 1. The lowest BCUT2D eigenvalue weighted by Crippen LogP contribution is -2.52. The van der Waals surface area contributed by atoms with E-state index in [4.69, 9.17) is 4.74 Å². The van der Waals surface area contributed by atoms with Gasteiger partial charge in [0.2, 0.25) is 0 Å². The van der Waals surface area contributed by atoms with Gasteiger partial charge in [-0.2, -0.15) is 0 Å². The van der Waals surface area contributed by atoms with Crippen molar-refractivity contribution in [1.82, 2.24) is 10.2 Å². The van der Waals surface area contributed by atoms with Crippen molar-refractivity contribution in [3.63, 3.8) is 0 Å². The van der Waals surface area contributed by atoms with Crippen molar-refractivity contribution in [2.45, 2.75) is 18.9 Å². The van der Waals surface area contributed by atoms with Gasteiger partial charge in [0, 0.05) is 25.2 Å². The first-order valence-electron chi connectivity index (χ1n) is 7.00. The number of rotatable bonds is 3. The Bertz CT molecular complexity index is 516. The Hall–Kier alpha value is -1.53. The van der Waals surface area contributed by atoms with Crippen LogP contribution in [0.15, 0.2) is 18.2 Å². The first-order chi connectivity index (χ1) is 10.0. The van der Waals surface area contributed by atoms with E-state index in [9.17, 15) is 13.6 Å². The predicted molar refractivity (Wildman–Crippen MR) is 74.8 cm³/mol. The molecular formula is C15H20F2N2O2. The molecule has 1 atom stereocenters. The normalized spacial score (nSPS) is 19.6. The minimum atomic E-state index is -1.34. The molecule has 1 aliphatic rings. The van der Waals surface area contributed by atoms with Crippen LogP contribution in [0.4, 0.5) is 8.78 Å². The maximum absolute atomic E-state index is 14.2. The van der Waals surface area contributed by atoms with Gasteiger partial charge in [-0.3, -0.25) is 4.90 Å². The van der Waals surface area contributed by atoms with Gasteiger partial charge in [-0.1, -0.05) is 12.1 Å². The Morgan fingerprint density at radius 2 is 2.10 bits per heavy atom. The molecule has 1 unspecified atom stereocenters. The number of benzene rings is 1. The van der Waals surface area contributed by atoms with Gasteiger partial charge in [-0.25, -0.2) is 13.6 Å². The second-order valence-corrected chi connectivity index (χ2v) is 5.26. The summed E-state index contributed by atoms with van der Waals surface area (Å²) in [5.41, 5.74) is -1.33. The number of hydrogen-bond donors (Lipinski definition) is 1. The molecule has 1 fully saturated rings. The molecule has 116 valence electrons. The van der Waals surface area contributed by atoms with Gasteiger partial charge in [-0.15, -0.1) is 0 Å². The fourth-order valence-corrected chi connectivity index (χ4v) is 2.78. The van der Waals surface area contributed by atoms with Crippen LogP contribution in [0.3, 0.4) is 0 Å². The average Bonchev–Trinajstić information content (AvgIpc) is 2.78. The second-order valence-electron chi connectivity index (χ2n) is 5.26. The lowest BCUT2D eigenvalue weighted by Gasteiger charge is -2.38. The van der Waals surface area contributed by atoms with E-state index in [1.165, 1.54) is 19.2 Å². The van der Waals surface area contributed by atoms with Crippen LogP contribution in [0.25, 0.3) is 0 Å². The molecule has 1 aromatic rings. The number of hydrogen-bond acceptors (Lipinski definition) is 4. The summed E-state index contributed by atoms with van der Waals surface area (Å²) in [5.74, 6) is -2.55. The zero-order chi connectivity index (χ0) is 15.5. The third-order valence-corrected chi connectivity index (χ3v) is 4.03. The third-order valence-electron chi connectivity index (χ3n) is 4.03. The second kappa shape index (κ2) is 6.49. The van der Waals surface area contributed by atoms with Crippen LogP contribution in [-0.2, 0) is 15.1 Å². The van der Waals surface area contributed by atoms with Crippen LogP contribution < -0.4 is 5.32 Å². The summed E-state index contributed by atoms with van der Waals surface area (Å²) in [7, 11) is 1.26. The monoisotopic (exact) mass is 298 g/mol. The van der Waals surface area contributed by atoms with Crippen LogP contribution in [0, 0.1) is 11.6 Å². The number of esters is 1. The van der Waals surface area contributed by atoms with E-state index >= 15 is 0 Å². The number of ether oxygens (including phenoxy) is 1.